The van der Waals surface area contributed by atoms with Crippen LogP contribution in [-0.4, -0.2) is 148 Å². The number of hydrogen-bond acceptors (Lipinski definition) is 12. The molecule has 15 heteroatoms. The number of carbonyl (C=O) groups is 3. The van der Waals surface area contributed by atoms with Crippen molar-refractivity contribution >= 4 is 17.9 Å². The SMILES string of the molecule is CC(COC(=O)c1ccc(Oc2nc(Oc3ccc(C(=O)OCC(C)[N+](C)(C)C)cc3)nc(Oc3ccc(C(=O)OCC(C)[N+](C)(C)C)cc3)n2)cc1)[N+](C)(C)C. The van der Waals surface area contributed by atoms with E-state index in [-0.39, 0.29) is 56.0 Å². The average molecular weight is 790 g/mol. The van der Waals surface area contributed by atoms with Gasteiger partial charge in [-0.2, -0.15) is 0 Å². The number of likely N-dealkylation sites (N-methyl/N-ethyl adjacent to an activating group) is 3. The van der Waals surface area contributed by atoms with Crippen LogP contribution in [0.4, 0.5) is 0 Å². The average Bonchev–Trinajstić information content (AvgIpc) is 3.14. The number of nitrogens with zero attached hydrogens (tertiary/aromatic N) is 6. The monoisotopic (exact) mass is 789 g/mol. The first kappa shape index (κ1) is 44.1. The summed E-state index contributed by atoms with van der Waals surface area (Å²) in [5, 5.41) is 0. The van der Waals surface area contributed by atoms with Crippen molar-refractivity contribution < 1.29 is 56.3 Å². The van der Waals surface area contributed by atoms with Gasteiger partial charge >= 0.3 is 35.9 Å². The number of hydrogen-bond donors (Lipinski definition) is 0. The number of ether oxygens (including phenoxy) is 6. The summed E-state index contributed by atoms with van der Waals surface area (Å²) in [5.41, 5.74) is 1.06. The van der Waals surface area contributed by atoms with Gasteiger partial charge in [0.1, 0.15) is 55.2 Å². The van der Waals surface area contributed by atoms with Crippen LogP contribution < -0.4 is 14.2 Å². The van der Waals surface area contributed by atoms with Crippen LogP contribution in [0, 0.1) is 0 Å². The molecule has 0 saturated carbocycles. The van der Waals surface area contributed by atoms with Gasteiger partial charge in [-0.15, -0.1) is 15.0 Å². The third-order valence-corrected chi connectivity index (χ3v) is 9.81. The second kappa shape index (κ2) is 18.5. The fourth-order valence-electron chi connectivity index (χ4n) is 4.26. The van der Waals surface area contributed by atoms with Crippen LogP contribution in [-0.2, 0) is 14.2 Å². The van der Waals surface area contributed by atoms with Gasteiger partial charge in [0.15, 0.2) is 0 Å². The van der Waals surface area contributed by atoms with E-state index in [1.807, 2.05) is 84.2 Å². The van der Waals surface area contributed by atoms with Gasteiger partial charge in [0.05, 0.1) is 80.1 Å². The molecule has 3 aromatic carbocycles. The van der Waals surface area contributed by atoms with Crippen LogP contribution in [0.15, 0.2) is 72.8 Å². The van der Waals surface area contributed by atoms with Crippen LogP contribution in [0.2, 0.25) is 0 Å². The molecule has 0 bridgehead atoms. The standard InChI is InChI=1S/C42H57N6O9/c1-28(46(4,5)6)25-52-37(49)31-13-19-34(20-14-31)55-40-43-41(56-35-21-15-32(16-22-35)38(50)53-26-29(2)47(7,8)9)45-42(44-40)57-36-23-17-33(18-24-36)39(51)54-27-30(3)48(10,11)12/h13-24,28-30H,25-27H2,1-12H3/q+3. The van der Waals surface area contributed by atoms with Gasteiger partial charge in [-0.1, -0.05) is 0 Å². The van der Waals surface area contributed by atoms with E-state index in [1.54, 1.807) is 72.8 Å². The first-order valence-corrected chi connectivity index (χ1v) is 18.6. The zero-order valence-electron chi connectivity index (χ0n) is 35.1. The maximum Gasteiger partial charge on any atom is 0.338 e. The highest BCUT2D eigenvalue weighted by molar-refractivity contribution is 5.90. The van der Waals surface area contributed by atoms with E-state index in [4.69, 9.17) is 28.4 Å². The first-order valence-electron chi connectivity index (χ1n) is 18.6. The largest absolute Gasteiger partial charge is 0.456 e. The quantitative estimate of drug-likeness (QED) is 0.0662. The van der Waals surface area contributed by atoms with E-state index in [1.165, 1.54) is 0 Å². The molecule has 0 N–H and O–H groups in total. The Bertz CT molecular complexity index is 1730. The van der Waals surface area contributed by atoms with E-state index in [0.29, 0.717) is 47.4 Å². The molecule has 1 aromatic heterocycles. The normalized spacial score (nSPS) is 13.5. The lowest BCUT2D eigenvalue weighted by atomic mass is 10.2. The lowest BCUT2D eigenvalue weighted by Crippen LogP contribution is -2.46. The Labute approximate surface area is 335 Å². The molecule has 0 saturated heterocycles. The fraction of sp³-hybridized carbons (Fsp3) is 0.429. The number of esters is 3. The number of benzene rings is 3. The topological polar surface area (TPSA) is 145 Å². The van der Waals surface area contributed by atoms with E-state index >= 15 is 0 Å². The predicted octanol–water partition coefficient (Wildman–Crippen LogP) is 6.00. The Balaban J connectivity index is 1.51. The van der Waals surface area contributed by atoms with Crippen molar-refractivity contribution in [2.45, 2.75) is 38.9 Å². The first-order chi connectivity index (χ1) is 26.6. The zero-order chi connectivity index (χ0) is 42.1. The summed E-state index contributed by atoms with van der Waals surface area (Å²) in [6.07, 6.45) is 0. The molecule has 0 aliphatic rings. The molecule has 57 heavy (non-hydrogen) atoms. The molecule has 0 aliphatic heterocycles. The van der Waals surface area contributed by atoms with Crippen molar-refractivity contribution in [3.63, 3.8) is 0 Å². The molecule has 3 unspecified atom stereocenters. The molecular formula is C42H57N6O9+3. The molecule has 0 radical (unpaired) electrons. The van der Waals surface area contributed by atoms with Crippen LogP contribution in [0.5, 0.6) is 35.3 Å². The Morgan fingerprint density at radius 1 is 0.421 bits per heavy atom. The summed E-state index contributed by atoms with van der Waals surface area (Å²) in [6.45, 7) is 6.83. The van der Waals surface area contributed by atoms with Gasteiger partial charge in [0.25, 0.3) is 0 Å². The summed E-state index contributed by atoms with van der Waals surface area (Å²) in [6, 6.07) is 18.8. The Morgan fingerprint density at radius 2 is 0.632 bits per heavy atom. The smallest absolute Gasteiger partial charge is 0.338 e. The minimum absolute atomic E-state index is 0.107. The second-order valence-electron chi connectivity index (χ2n) is 16.8. The summed E-state index contributed by atoms with van der Waals surface area (Å²) < 4.78 is 36.3. The van der Waals surface area contributed by atoms with E-state index in [2.05, 4.69) is 15.0 Å². The number of aromatic nitrogens is 3. The summed E-state index contributed by atoms with van der Waals surface area (Å²) in [5.74, 6) is -0.407. The van der Waals surface area contributed by atoms with Crippen molar-refractivity contribution in [2.24, 2.45) is 0 Å². The molecule has 4 rings (SSSR count). The minimum Gasteiger partial charge on any atom is -0.456 e. The van der Waals surface area contributed by atoms with Crippen molar-refractivity contribution in [1.29, 1.82) is 0 Å². The number of quaternary nitrogens is 3. The maximum atomic E-state index is 12.7. The Kier molecular flexibility index (Phi) is 14.3. The third-order valence-electron chi connectivity index (χ3n) is 9.81. The van der Waals surface area contributed by atoms with Gasteiger partial charge in [-0.25, -0.2) is 14.4 Å². The molecule has 3 atom stereocenters. The molecule has 1 heterocycles. The summed E-state index contributed by atoms with van der Waals surface area (Å²) in [4.78, 5) is 51.1. The summed E-state index contributed by atoms with van der Waals surface area (Å²) in [7, 11) is 18.3. The Morgan fingerprint density at radius 3 is 0.825 bits per heavy atom. The van der Waals surface area contributed by atoms with E-state index < -0.39 is 17.9 Å². The highest BCUT2D eigenvalue weighted by atomic mass is 16.5. The molecule has 4 aromatic rings. The zero-order valence-corrected chi connectivity index (χ0v) is 35.1. The molecule has 306 valence electrons. The highest BCUT2D eigenvalue weighted by Crippen LogP contribution is 2.28. The van der Waals surface area contributed by atoms with Gasteiger partial charge in [-0.05, 0) is 93.6 Å². The van der Waals surface area contributed by atoms with Crippen LogP contribution in [0.3, 0.4) is 0 Å². The van der Waals surface area contributed by atoms with Crippen molar-refractivity contribution in [2.75, 3.05) is 83.2 Å². The molecule has 0 spiro atoms. The summed E-state index contributed by atoms with van der Waals surface area (Å²) >= 11 is 0. The maximum absolute atomic E-state index is 12.7. The molecule has 0 aliphatic carbocycles. The van der Waals surface area contributed by atoms with E-state index in [9.17, 15) is 14.4 Å². The van der Waals surface area contributed by atoms with Crippen LogP contribution in [0.25, 0.3) is 0 Å². The van der Waals surface area contributed by atoms with Crippen LogP contribution in [0.1, 0.15) is 51.8 Å². The van der Waals surface area contributed by atoms with Gasteiger partial charge in [0.2, 0.25) is 0 Å². The Hall–Kier alpha value is -5.64. The third kappa shape index (κ3) is 13.5. The number of carbonyl (C=O) groups excluding carboxylic acids is 3. The lowest BCUT2D eigenvalue weighted by Gasteiger charge is -2.31. The second-order valence-corrected chi connectivity index (χ2v) is 16.8. The van der Waals surface area contributed by atoms with Crippen molar-refractivity contribution in [3.05, 3.63) is 89.5 Å². The lowest BCUT2D eigenvalue weighted by molar-refractivity contribution is -0.894. The minimum atomic E-state index is -0.454. The van der Waals surface area contributed by atoms with Crippen molar-refractivity contribution in [1.82, 2.24) is 15.0 Å². The fourth-order valence-corrected chi connectivity index (χ4v) is 4.26. The van der Waals surface area contributed by atoms with Gasteiger partial charge in [0, 0.05) is 0 Å². The van der Waals surface area contributed by atoms with E-state index in [0.717, 1.165) is 0 Å². The number of rotatable bonds is 18. The van der Waals surface area contributed by atoms with Crippen molar-refractivity contribution in [3.8, 4) is 35.3 Å². The molecule has 15 nitrogen and oxygen atoms in total. The highest BCUT2D eigenvalue weighted by Gasteiger charge is 2.23. The molecule has 0 amide bonds. The molecular weight excluding hydrogens is 732 g/mol. The predicted molar refractivity (Wildman–Crippen MR) is 213 cm³/mol. The van der Waals surface area contributed by atoms with Crippen LogP contribution >= 0.6 is 0 Å². The van der Waals surface area contributed by atoms with Gasteiger partial charge < -0.3 is 41.9 Å². The van der Waals surface area contributed by atoms with Gasteiger partial charge in [-0.3, -0.25) is 0 Å². The molecule has 0 fully saturated rings.